The monoisotopic (exact) mass is 375 g/mol. The predicted molar refractivity (Wildman–Crippen MR) is 114 cm³/mol. The summed E-state index contributed by atoms with van der Waals surface area (Å²) in [6, 6.07) is 17.5. The molecule has 0 bridgehead atoms. The SMILES string of the molecule is CCCN(CC(C)=Cc1ccc(C(=O)NO)cc1)c1cnc2ccccc2c1. The van der Waals surface area contributed by atoms with Crippen molar-refractivity contribution in [2.45, 2.75) is 20.3 Å². The predicted octanol–water partition coefficient (Wildman–Crippen LogP) is 4.67. The van der Waals surface area contributed by atoms with Crippen LogP contribution in [0.1, 0.15) is 36.2 Å². The molecule has 3 rings (SSSR count). The number of hydroxylamine groups is 1. The molecule has 1 heterocycles. The van der Waals surface area contributed by atoms with Crippen molar-refractivity contribution >= 4 is 28.6 Å². The first-order valence-corrected chi connectivity index (χ1v) is 9.42. The third kappa shape index (κ3) is 4.75. The summed E-state index contributed by atoms with van der Waals surface area (Å²) in [5.41, 5.74) is 6.41. The van der Waals surface area contributed by atoms with Crippen LogP contribution < -0.4 is 10.4 Å². The van der Waals surface area contributed by atoms with Gasteiger partial charge in [-0.05, 0) is 43.2 Å². The van der Waals surface area contributed by atoms with E-state index in [4.69, 9.17) is 5.21 Å². The topological polar surface area (TPSA) is 65.5 Å². The molecule has 0 saturated heterocycles. The maximum Gasteiger partial charge on any atom is 0.274 e. The number of anilines is 1. The van der Waals surface area contributed by atoms with E-state index in [0.29, 0.717) is 5.56 Å². The van der Waals surface area contributed by atoms with Gasteiger partial charge < -0.3 is 4.90 Å². The lowest BCUT2D eigenvalue weighted by atomic mass is 10.1. The van der Waals surface area contributed by atoms with Crippen LogP contribution in [0.2, 0.25) is 0 Å². The number of amides is 1. The Labute approximate surface area is 165 Å². The molecular formula is C23H25N3O2. The molecule has 2 aromatic carbocycles. The molecule has 1 amide bonds. The summed E-state index contributed by atoms with van der Waals surface area (Å²) in [7, 11) is 0. The Morgan fingerprint density at radius 1 is 1.18 bits per heavy atom. The zero-order valence-corrected chi connectivity index (χ0v) is 16.2. The highest BCUT2D eigenvalue weighted by Gasteiger charge is 2.08. The summed E-state index contributed by atoms with van der Waals surface area (Å²) in [6.45, 7) is 6.02. The molecule has 0 spiro atoms. The maximum atomic E-state index is 11.4. The number of nitrogens with zero attached hydrogens (tertiary/aromatic N) is 2. The second-order valence-corrected chi connectivity index (χ2v) is 6.86. The molecule has 2 N–H and O–H groups in total. The fourth-order valence-corrected chi connectivity index (χ4v) is 3.23. The minimum absolute atomic E-state index is 0.423. The largest absolute Gasteiger partial charge is 0.366 e. The number of fused-ring (bicyclic) bond motifs is 1. The van der Waals surface area contributed by atoms with Crippen LogP contribution in [0.5, 0.6) is 0 Å². The average molecular weight is 375 g/mol. The molecule has 0 radical (unpaired) electrons. The number of aromatic nitrogens is 1. The molecule has 0 fully saturated rings. The van der Waals surface area contributed by atoms with Crippen molar-refractivity contribution in [1.29, 1.82) is 0 Å². The number of carbonyl (C=O) groups is 1. The fraction of sp³-hybridized carbons (Fsp3) is 0.217. The minimum Gasteiger partial charge on any atom is -0.366 e. The molecule has 5 nitrogen and oxygen atoms in total. The molecule has 28 heavy (non-hydrogen) atoms. The van der Waals surface area contributed by atoms with Gasteiger partial charge in [0.2, 0.25) is 0 Å². The molecule has 1 aromatic heterocycles. The van der Waals surface area contributed by atoms with Crippen LogP contribution in [0.15, 0.2) is 66.4 Å². The quantitative estimate of drug-likeness (QED) is 0.465. The standard InChI is InChI=1S/C23H25N3O2/c1-3-12-26(21-14-20-6-4-5-7-22(20)24-15-21)16-17(2)13-18-8-10-19(11-9-18)23(27)25-28/h4-11,13-15,28H,3,12,16H2,1-2H3,(H,25,27). The van der Waals surface area contributed by atoms with Crippen molar-refractivity contribution in [3.8, 4) is 0 Å². The van der Waals surface area contributed by atoms with Crippen LogP contribution >= 0.6 is 0 Å². The van der Waals surface area contributed by atoms with Crippen LogP contribution in [0.3, 0.4) is 0 Å². The molecule has 0 unspecified atom stereocenters. The highest BCUT2D eigenvalue weighted by Crippen LogP contribution is 2.21. The van der Waals surface area contributed by atoms with E-state index in [-0.39, 0.29) is 0 Å². The van der Waals surface area contributed by atoms with Crippen molar-refractivity contribution in [2.24, 2.45) is 0 Å². The second-order valence-electron chi connectivity index (χ2n) is 6.86. The van der Waals surface area contributed by atoms with Crippen LogP contribution in [0, 0.1) is 0 Å². The van der Waals surface area contributed by atoms with Crippen molar-refractivity contribution < 1.29 is 10.0 Å². The summed E-state index contributed by atoms with van der Waals surface area (Å²) < 4.78 is 0. The van der Waals surface area contributed by atoms with Gasteiger partial charge in [0.25, 0.3) is 5.91 Å². The van der Waals surface area contributed by atoms with Gasteiger partial charge in [-0.25, -0.2) is 5.48 Å². The third-order valence-corrected chi connectivity index (χ3v) is 4.56. The lowest BCUT2D eigenvalue weighted by molar-refractivity contribution is 0.0706. The van der Waals surface area contributed by atoms with E-state index in [1.54, 1.807) is 17.6 Å². The highest BCUT2D eigenvalue weighted by molar-refractivity contribution is 5.93. The summed E-state index contributed by atoms with van der Waals surface area (Å²) in [5.74, 6) is -0.509. The summed E-state index contributed by atoms with van der Waals surface area (Å²) in [4.78, 5) is 18.3. The lowest BCUT2D eigenvalue weighted by Gasteiger charge is -2.25. The van der Waals surface area contributed by atoms with Crippen molar-refractivity contribution in [3.05, 3.63) is 77.5 Å². The number of rotatable bonds is 7. The highest BCUT2D eigenvalue weighted by atomic mass is 16.5. The Bertz CT molecular complexity index is 981. The van der Waals surface area contributed by atoms with Crippen LogP contribution in [-0.4, -0.2) is 29.2 Å². The molecule has 0 aliphatic rings. The van der Waals surface area contributed by atoms with E-state index in [0.717, 1.165) is 41.7 Å². The van der Waals surface area contributed by atoms with Crippen molar-refractivity contribution in [1.82, 2.24) is 10.5 Å². The number of carbonyl (C=O) groups excluding carboxylic acids is 1. The van der Waals surface area contributed by atoms with Gasteiger partial charge in [0.05, 0.1) is 17.4 Å². The van der Waals surface area contributed by atoms with Gasteiger partial charge in [-0.15, -0.1) is 0 Å². The van der Waals surface area contributed by atoms with Crippen LogP contribution in [-0.2, 0) is 0 Å². The van der Waals surface area contributed by atoms with Crippen molar-refractivity contribution in [2.75, 3.05) is 18.0 Å². The minimum atomic E-state index is -0.509. The Kier molecular flexibility index (Phi) is 6.40. The number of hydrogen-bond acceptors (Lipinski definition) is 4. The molecular weight excluding hydrogens is 350 g/mol. The van der Waals surface area contributed by atoms with Crippen LogP contribution in [0.4, 0.5) is 5.69 Å². The maximum absolute atomic E-state index is 11.4. The first-order valence-electron chi connectivity index (χ1n) is 9.42. The van der Waals surface area contributed by atoms with E-state index >= 15 is 0 Å². The fourth-order valence-electron chi connectivity index (χ4n) is 3.23. The van der Waals surface area contributed by atoms with Gasteiger partial charge in [0.1, 0.15) is 0 Å². The molecule has 0 aliphatic heterocycles. The number of benzene rings is 2. The molecule has 0 saturated carbocycles. The Hall–Kier alpha value is -3.18. The van der Waals surface area contributed by atoms with Gasteiger partial charge >= 0.3 is 0 Å². The van der Waals surface area contributed by atoms with E-state index in [2.05, 4.69) is 41.9 Å². The number of pyridine rings is 1. The number of hydrogen-bond donors (Lipinski definition) is 2. The molecule has 144 valence electrons. The van der Waals surface area contributed by atoms with Crippen LogP contribution in [0.25, 0.3) is 17.0 Å². The smallest absolute Gasteiger partial charge is 0.274 e. The van der Waals surface area contributed by atoms with Crippen molar-refractivity contribution in [3.63, 3.8) is 0 Å². The van der Waals surface area contributed by atoms with E-state index in [1.807, 2.05) is 36.5 Å². The van der Waals surface area contributed by atoms with Gasteiger partial charge in [-0.3, -0.25) is 15.0 Å². The summed E-state index contributed by atoms with van der Waals surface area (Å²) >= 11 is 0. The van der Waals surface area contributed by atoms with E-state index < -0.39 is 5.91 Å². The second kappa shape index (κ2) is 9.15. The van der Waals surface area contributed by atoms with E-state index in [1.165, 1.54) is 5.57 Å². The zero-order valence-electron chi connectivity index (χ0n) is 16.2. The molecule has 0 atom stereocenters. The Balaban J connectivity index is 1.78. The summed E-state index contributed by atoms with van der Waals surface area (Å²) in [5, 5.41) is 9.84. The molecule has 5 heteroatoms. The van der Waals surface area contributed by atoms with Gasteiger partial charge in [0.15, 0.2) is 0 Å². The first-order chi connectivity index (χ1) is 13.6. The zero-order chi connectivity index (χ0) is 19.9. The Morgan fingerprint density at radius 3 is 2.64 bits per heavy atom. The molecule has 0 aliphatic carbocycles. The van der Waals surface area contributed by atoms with Gasteiger partial charge in [-0.1, -0.05) is 48.9 Å². The lowest BCUT2D eigenvalue weighted by Crippen LogP contribution is -2.26. The molecule has 3 aromatic rings. The Morgan fingerprint density at radius 2 is 1.93 bits per heavy atom. The van der Waals surface area contributed by atoms with E-state index in [9.17, 15) is 4.79 Å². The van der Waals surface area contributed by atoms with Gasteiger partial charge in [0, 0.05) is 24.0 Å². The first kappa shape index (κ1) is 19.6. The summed E-state index contributed by atoms with van der Waals surface area (Å²) in [6.07, 6.45) is 5.09. The van der Waals surface area contributed by atoms with Gasteiger partial charge in [-0.2, -0.15) is 0 Å². The average Bonchev–Trinajstić information content (AvgIpc) is 2.73. The number of para-hydroxylation sites is 1. The normalized spacial score (nSPS) is 11.5. The third-order valence-electron chi connectivity index (χ3n) is 4.56. The number of nitrogens with one attached hydrogen (secondary N) is 1.